The fourth-order valence-electron chi connectivity index (χ4n) is 3.30. The van der Waals surface area contributed by atoms with Crippen LogP contribution < -0.4 is 4.90 Å². The van der Waals surface area contributed by atoms with Crippen LogP contribution in [-0.2, 0) is 9.59 Å². The van der Waals surface area contributed by atoms with Gasteiger partial charge in [0.1, 0.15) is 11.8 Å². The summed E-state index contributed by atoms with van der Waals surface area (Å²) in [4.78, 5) is 27.9. The van der Waals surface area contributed by atoms with Crippen molar-refractivity contribution in [1.29, 1.82) is 5.26 Å². The summed E-state index contributed by atoms with van der Waals surface area (Å²) in [6.45, 7) is 0. The van der Waals surface area contributed by atoms with Gasteiger partial charge in [0.05, 0.1) is 17.2 Å². The number of nitriles is 1. The van der Waals surface area contributed by atoms with E-state index in [0.717, 1.165) is 4.88 Å². The molecule has 1 saturated heterocycles. The molecule has 5 nitrogen and oxygen atoms in total. The van der Waals surface area contributed by atoms with Crippen molar-refractivity contribution < 1.29 is 14.7 Å². The van der Waals surface area contributed by atoms with Crippen molar-refractivity contribution in [2.75, 3.05) is 4.90 Å². The Bertz CT molecular complexity index is 1180. The van der Waals surface area contributed by atoms with Crippen molar-refractivity contribution >= 4 is 46.1 Å². The number of halogens is 1. The molecule has 0 spiro atoms. The summed E-state index contributed by atoms with van der Waals surface area (Å²) in [7, 11) is 0. The van der Waals surface area contributed by atoms with E-state index < -0.39 is 17.7 Å². The second kappa shape index (κ2) is 7.55. The smallest absolute Gasteiger partial charge is 0.300 e. The zero-order chi connectivity index (χ0) is 20.5. The van der Waals surface area contributed by atoms with Gasteiger partial charge >= 0.3 is 0 Å². The zero-order valence-electron chi connectivity index (χ0n) is 14.9. The number of ketones is 1. The molecule has 1 N–H and O–H groups in total. The first kappa shape index (κ1) is 18.9. The largest absolute Gasteiger partial charge is 0.507 e. The molecule has 1 amide bonds. The third kappa shape index (κ3) is 3.31. The third-order valence-corrected chi connectivity index (χ3v) is 5.79. The summed E-state index contributed by atoms with van der Waals surface area (Å²) in [6.07, 6.45) is 0. The Morgan fingerprint density at radius 2 is 1.86 bits per heavy atom. The third-order valence-electron chi connectivity index (χ3n) is 4.63. The molecule has 1 fully saturated rings. The standard InChI is InChI=1S/C22H13ClN2O3S/c23-15-4-1-3-14(11-15)20(26)18-19(17-5-2-10-29-17)25(22(28)21(18)27)16-8-6-13(12-24)7-9-16/h1-11,19,26H/b20-18-. The van der Waals surface area contributed by atoms with Crippen LogP contribution in [0.4, 0.5) is 5.69 Å². The average molecular weight is 421 g/mol. The Morgan fingerprint density at radius 3 is 2.48 bits per heavy atom. The molecule has 3 aromatic rings. The highest BCUT2D eigenvalue weighted by molar-refractivity contribution is 7.10. The van der Waals surface area contributed by atoms with E-state index in [4.69, 9.17) is 16.9 Å². The molecule has 1 aliphatic heterocycles. The number of carbonyl (C=O) groups is 2. The van der Waals surface area contributed by atoms with Crippen molar-refractivity contribution in [3.63, 3.8) is 0 Å². The number of amides is 1. The molecule has 0 radical (unpaired) electrons. The maximum atomic E-state index is 12.9. The number of anilines is 1. The predicted octanol–water partition coefficient (Wildman–Crippen LogP) is 4.90. The van der Waals surface area contributed by atoms with E-state index in [-0.39, 0.29) is 11.3 Å². The number of hydrogen-bond donors (Lipinski definition) is 1. The summed E-state index contributed by atoms with van der Waals surface area (Å²) < 4.78 is 0. The van der Waals surface area contributed by atoms with Crippen LogP contribution in [0.2, 0.25) is 5.02 Å². The summed E-state index contributed by atoms with van der Waals surface area (Å²) in [6, 6.07) is 17.8. The van der Waals surface area contributed by atoms with Crippen LogP contribution in [0.25, 0.3) is 5.76 Å². The van der Waals surface area contributed by atoms with Gasteiger partial charge in [0.15, 0.2) is 0 Å². The fourth-order valence-corrected chi connectivity index (χ4v) is 4.32. The van der Waals surface area contributed by atoms with Crippen LogP contribution in [0, 0.1) is 11.3 Å². The lowest BCUT2D eigenvalue weighted by Gasteiger charge is -2.24. The first-order valence-electron chi connectivity index (χ1n) is 8.62. The second-order valence-electron chi connectivity index (χ2n) is 6.35. The molecule has 0 saturated carbocycles. The Kier molecular flexibility index (Phi) is 4.93. The maximum absolute atomic E-state index is 12.9. The number of rotatable bonds is 3. The van der Waals surface area contributed by atoms with Crippen LogP contribution in [0.1, 0.15) is 22.0 Å². The van der Waals surface area contributed by atoms with E-state index in [9.17, 15) is 14.7 Å². The minimum atomic E-state index is -0.776. The molecule has 1 atom stereocenters. The Hall–Kier alpha value is -3.40. The van der Waals surface area contributed by atoms with Gasteiger partial charge in [-0.1, -0.05) is 29.8 Å². The quantitative estimate of drug-likeness (QED) is 0.371. The van der Waals surface area contributed by atoms with Crippen molar-refractivity contribution in [3.05, 3.63) is 92.6 Å². The van der Waals surface area contributed by atoms with E-state index in [0.29, 0.717) is 21.8 Å². The number of thiophene rings is 1. The highest BCUT2D eigenvalue weighted by Gasteiger charge is 2.47. The molecule has 29 heavy (non-hydrogen) atoms. The summed E-state index contributed by atoms with van der Waals surface area (Å²) in [5, 5.41) is 22.2. The summed E-state index contributed by atoms with van der Waals surface area (Å²) in [5.74, 6) is -1.79. The molecule has 0 bridgehead atoms. The van der Waals surface area contributed by atoms with Gasteiger partial charge in [0.25, 0.3) is 11.7 Å². The van der Waals surface area contributed by atoms with E-state index in [1.54, 1.807) is 42.5 Å². The summed E-state index contributed by atoms with van der Waals surface area (Å²) >= 11 is 7.41. The van der Waals surface area contributed by atoms with Gasteiger partial charge in [-0.15, -0.1) is 11.3 Å². The number of benzene rings is 2. The molecular formula is C22H13ClN2O3S. The number of Topliss-reactive ketones (excluding diaryl/α,β-unsaturated/α-hetero) is 1. The van der Waals surface area contributed by atoms with Crippen LogP contribution in [0.5, 0.6) is 0 Å². The van der Waals surface area contributed by atoms with Crippen molar-refractivity contribution in [2.24, 2.45) is 0 Å². The Morgan fingerprint density at radius 1 is 1.10 bits per heavy atom. The topological polar surface area (TPSA) is 81.4 Å². The van der Waals surface area contributed by atoms with Crippen LogP contribution in [0.3, 0.4) is 0 Å². The van der Waals surface area contributed by atoms with Crippen molar-refractivity contribution in [3.8, 4) is 6.07 Å². The average Bonchev–Trinajstić information content (AvgIpc) is 3.35. The lowest BCUT2D eigenvalue weighted by molar-refractivity contribution is -0.132. The number of carbonyl (C=O) groups excluding carboxylic acids is 2. The minimum absolute atomic E-state index is 0.00377. The minimum Gasteiger partial charge on any atom is -0.507 e. The van der Waals surface area contributed by atoms with Gasteiger partial charge in [-0.05, 0) is 47.8 Å². The van der Waals surface area contributed by atoms with Crippen LogP contribution in [-0.4, -0.2) is 16.8 Å². The van der Waals surface area contributed by atoms with Gasteiger partial charge < -0.3 is 5.11 Å². The molecule has 142 valence electrons. The Labute approximate surface area is 175 Å². The highest BCUT2D eigenvalue weighted by Crippen LogP contribution is 2.43. The van der Waals surface area contributed by atoms with Gasteiger partial charge in [-0.2, -0.15) is 5.26 Å². The molecule has 7 heteroatoms. The van der Waals surface area contributed by atoms with E-state index in [2.05, 4.69) is 0 Å². The fraction of sp³-hybridized carbons (Fsp3) is 0.0455. The van der Waals surface area contributed by atoms with E-state index >= 15 is 0 Å². The molecule has 4 rings (SSSR count). The van der Waals surface area contributed by atoms with Gasteiger partial charge in [-0.3, -0.25) is 14.5 Å². The highest BCUT2D eigenvalue weighted by atomic mass is 35.5. The van der Waals surface area contributed by atoms with Crippen LogP contribution >= 0.6 is 22.9 Å². The molecule has 2 aromatic carbocycles. The summed E-state index contributed by atoms with van der Waals surface area (Å²) in [5.41, 5.74) is 1.27. The normalized spacial score (nSPS) is 18.1. The number of aliphatic hydroxyl groups excluding tert-OH is 1. The maximum Gasteiger partial charge on any atom is 0.300 e. The van der Waals surface area contributed by atoms with Gasteiger partial charge in [0, 0.05) is 21.2 Å². The van der Waals surface area contributed by atoms with Crippen molar-refractivity contribution in [1.82, 2.24) is 0 Å². The first-order valence-corrected chi connectivity index (χ1v) is 9.87. The molecule has 1 unspecified atom stereocenters. The number of nitrogens with zero attached hydrogens (tertiary/aromatic N) is 2. The SMILES string of the molecule is N#Cc1ccc(N2C(=O)C(=O)/C(=C(\O)c3cccc(Cl)c3)C2c2cccs2)cc1. The van der Waals surface area contributed by atoms with Crippen molar-refractivity contribution in [2.45, 2.75) is 6.04 Å². The van der Waals surface area contributed by atoms with E-state index in [1.807, 2.05) is 23.6 Å². The van der Waals surface area contributed by atoms with Gasteiger partial charge in [0.2, 0.25) is 0 Å². The van der Waals surface area contributed by atoms with E-state index in [1.165, 1.54) is 22.3 Å². The molecule has 1 aromatic heterocycles. The Balaban J connectivity index is 1.91. The first-order chi connectivity index (χ1) is 14.0. The molecule has 2 heterocycles. The molecule has 0 aliphatic carbocycles. The lowest BCUT2D eigenvalue weighted by Crippen LogP contribution is -2.29. The molecular weight excluding hydrogens is 408 g/mol. The lowest BCUT2D eigenvalue weighted by atomic mass is 9.99. The second-order valence-corrected chi connectivity index (χ2v) is 7.77. The zero-order valence-corrected chi connectivity index (χ0v) is 16.4. The molecule has 1 aliphatic rings. The number of aliphatic hydroxyl groups is 1. The van der Waals surface area contributed by atoms with Crippen LogP contribution in [0.15, 0.2) is 71.6 Å². The van der Waals surface area contributed by atoms with Gasteiger partial charge in [-0.25, -0.2) is 0 Å². The predicted molar refractivity (Wildman–Crippen MR) is 112 cm³/mol. The number of hydrogen-bond acceptors (Lipinski definition) is 5. The monoisotopic (exact) mass is 420 g/mol.